The SMILES string of the molecule is COC(=O)c1nc(Br)c(NCc2ccccc2)nc1N. The van der Waals surface area contributed by atoms with Crippen molar-refractivity contribution in [3.8, 4) is 0 Å². The van der Waals surface area contributed by atoms with Gasteiger partial charge >= 0.3 is 5.97 Å². The number of ether oxygens (including phenoxy) is 1. The molecule has 0 bridgehead atoms. The third-order valence-electron chi connectivity index (χ3n) is 2.56. The summed E-state index contributed by atoms with van der Waals surface area (Å²) in [5.74, 6) is -0.125. The molecule has 2 aromatic rings. The van der Waals surface area contributed by atoms with Crippen molar-refractivity contribution in [2.24, 2.45) is 0 Å². The lowest BCUT2D eigenvalue weighted by molar-refractivity contribution is 0.0595. The van der Waals surface area contributed by atoms with E-state index in [1.807, 2.05) is 30.3 Å². The average molecular weight is 337 g/mol. The lowest BCUT2D eigenvalue weighted by Gasteiger charge is -2.10. The molecule has 20 heavy (non-hydrogen) atoms. The number of nitrogens with one attached hydrogen (secondary N) is 1. The number of esters is 1. The second-order valence-electron chi connectivity index (χ2n) is 3.93. The number of carbonyl (C=O) groups excluding carboxylic acids is 1. The van der Waals surface area contributed by atoms with Gasteiger partial charge in [0.1, 0.15) is 4.60 Å². The first-order valence-corrected chi connectivity index (χ1v) is 6.60. The van der Waals surface area contributed by atoms with Gasteiger partial charge in [-0.25, -0.2) is 14.8 Å². The van der Waals surface area contributed by atoms with Crippen molar-refractivity contribution in [3.05, 3.63) is 46.2 Å². The number of benzene rings is 1. The molecule has 0 aliphatic rings. The minimum absolute atomic E-state index is 0.00960. The predicted molar refractivity (Wildman–Crippen MR) is 79.3 cm³/mol. The standard InChI is InChI=1S/C13H13BrN4O2/c1-20-13(19)9-11(15)18-12(10(14)17-9)16-7-8-5-3-2-4-6-8/h2-6H,7H2,1H3,(H3,15,16,18). The van der Waals surface area contributed by atoms with Crippen LogP contribution in [-0.2, 0) is 11.3 Å². The van der Waals surface area contributed by atoms with Crippen LogP contribution in [0.15, 0.2) is 34.9 Å². The zero-order valence-corrected chi connectivity index (χ0v) is 12.3. The molecule has 1 aromatic heterocycles. The summed E-state index contributed by atoms with van der Waals surface area (Å²) >= 11 is 3.25. The van der Waals surface area contributed by atoms with E-state index in [-0.39, 0.29) is 11.5 Å². The van der Waals surface area contributed by atoms with Gasteiger partial charge in [0.05, 0.1) is 7.11 Å². The number of nitrogens with zero attached hydrogens (tertiary/aromatic N) is 2. The van der Waals surface area contributed by atoms with Crippen molar-refractivity contribution >= 4 is 33.5 Å². The van der Waals surface area contributed by atoms with Crippen LogP contribution >= 0.6 is 15.9 Å². The minimum Gasteiger partial charge on any atom is -0.464 e. The Morgan fingerprint density at radius 3 is 2.70 bits per heavy atom. The van der Waals surface area contributed by atoms with E-state index in [0.717, 1.165) is 5.56 Å². The minimum atomic E-state index is -0.620. The Morgan fingerprint density at radius 1 is 1.35 bits per heavy atom. The van der Waals surface area contributed by atoms with Crippen LogP contribution in [0.3, 0.4) is 0 Å². The number of nitrogen functional groups attached to an aromatic ring is 1. The van der Waals surface area contributed by atoms with Crippen molar-refractivity contribution in [1.82, 2.24) is 9.97 Å². The molecule has 3 N–H and O–H groups in total. The summed E-state index contributed by atoms with van der Waals surface area (Å²) in [4.78, 5) is 19.6. The number of halogens is 1. The van der Waals surface area contributed by atoms with Gasteiger partial charge in [0, 0.05) is 6.54 Å². The summed E-state index contributed by atoms with van der Waals surface area (Å²) in [7, 11) is 1.26. The van der Waals surface area contributed by atoms with E-state index >= 15 is 0 Å². The summed E-state index contributed by atoms with van der Waals surface area (Å²) in [5.41, 5.74) is 6.79. The molecule has 6 nitrogen and oxygen atoms in total. The van der Waals surface area contributed by atoms with Crippen LogP contribution in [0, 0.1) is 0 Å². The van der Waals surface area contributed by atoms with Gasteiger partial charge in [-0.1, -0.05) is 30.3 Å². The second-order valence-corrected chi connectivity index (χ2v) is 4.68. The summed E-state index contributed by atoms with van der Waals surface area (Å²) in [5, 5.41) is 3.10. The molecule has 0 saturated heterocycles. The Hall–Kier alpha value is -2.15. The van der Waals surface area contributed by atoms with Crippen LogP contribution in [0.25, 0.3) is 0 Å². The van der Waals surface area contributed by atoms with Crippen molar-refractivity contribution in [2.45, 2.75) is 6.54 Å². The fraction of sp³-hybridized carbons (Fsp3) is 0.154. The molecule has 1 heterocycles. The third-order valence-corrected chi connectivity index (χ3v) is 3.11. The zero-order chi connectivity index (χ0) is 14.5. The Morgan fingerprint density at radius 2 is 2.05 bits per heavy atom. The first kappa shape index (κ1) is 14.3. The summed E-state index contributed by atoms with van der Waals surface area (Å²) in [6.07, 6.45) is 0. The molecule has 0 fully saturated rings. The third kappa shape index (κ3) is 3.24. The Bertz CT molecular complexity index is 619. The predicted octanol–water partition coefficient (Wildman–Crippen LogP) is 2.22. The van der Waals surface area contributed by atoms with Crippen LogP contribution in [-0.4, -0.2) is 23.0 Å². The molecule has 2 rings (SSSR count). The summed E-state index contributed by atoms with van der Waals surface area (Å²) < 4.78 is 4.98. The summed E-state index contributed by atoms with van der Waals surface area (Å²) in [6.45, 7) is 0.575. The van der Waals surface area contributed by atoms with E-state index in [1.165, 1.54) is 7.11 Å². The van der Waals surface area contributed by atoms with Gasteiger partial charge in [0.15, 0.2) is 17.3 Å². The maximum Gasteiger partial charge on any atom is 0.360 e. The molecular formula is C13H13BrN4O2. The number of hydrogen-bond acceptors (Lipinski definition) is 6. The van der Waals surface area contributed by atoms with Crippen LogP contribution in [0.4, 0.5) is 11.6 Å². The number of nitrogens with two attached hydrogens (primary N) is 1. The number of rotatable bonds is 4. The Balaban J connectivity index is 2.17. The van der Waals surface area contributed by atoms with Crippen molar-refractivity contribution in [1.29, 1.82) is 0 Å². The molecule has 0 aliphatic heterocycles. The van der Waals surface area contributed by atoms with Gasteiger partial charge in [-0.05, 0) is 21.5 Å². The van der Waals surface area contributed by atoms with E-state index in [2.05, 4.69) is 36.0 Å². The van der Waals surface area contributed by atoms with E-state index in [0.29, 0.717) is 17.0 Å². The molecule has 0 aliphatic carbocycles. The first-order valence-electron chi connectivity index (χ1n) is 5.81. The number of anilines is 2. The van der Waals surface area contributed by atoms with Crippen molar-refractivity contribution in [2.75, 3.05) is 18.2 Å². The fourth-order valence-corrected chi connectivity index (χ4v) is 1.98. The molecule has 0 saturated carbocycles. The number of aromatic nitrogens is 2. The van der Waals surface area contributed by atoms with Gasteiger partial charge in [0.2, 0.25) is 0 Å². The Labute approximate surface area is 124 Å². The quantitative estimate of drug-likeness (QED) is 0.832. The molecule has 7 heteroatoms. The Kier molecular flexibility index (Phi) is 4.52. The highest BCUT2D eigenvalue weighted by molar-refractivity contribution is 9.10. The fourth-order valence-electron chi connectivity index (χ4n) is 1.57. The molecule has 0 radical (unpaired) electrons. The monoisotopic (exact) mass is 336 g/mol. The van der Waals surface area contributed by atoms with Crippen molar-refractivity contribution < 1.29 is 9.53 Å². The zero-order valence-electron chi connectivity index (χ0n) is 10.8. The molecule has 0 atom stereocenters. The maximum atomic E-state index is 11.4. The number of carbonyl (C=O) groups is 1. The van der Waals surface area contributed by atoms with Gasteiger partial charge in [-0.3, -0.25) is 0 Å². The van der Waals surface area contributed by atoms with Crippen LogP contribution in [0.2, 0.25) is 0 Å². The lowest BCUT2D eigenvalue weighted by atomic mass is 10.2. The van der Waals surface area contributed by atoms with E-state index in [9.17, 15) is 4.79 Å². The topological polar surface area (TPSA) is 90.1 Å². The molecule has 1 aromatic carbocycles. The summed E-state index contributed by atoms with van der Waals surface area (Å²) in [6, 6.07) is 9.82. The van der Waals surface area contributed by atoms with Gasteiger partial charge in [0.25, 0.3) is 0 Å². The van der Waals surface area contributed by atoms with Crippen LogP contribution < -0.4 is 11.1 Å². The van der Waals surface area contributed by atoms with Crippen LogP contribution in [0.5, 0.6) is 0 Å². The van der Waals surface area contributed by atoms with Crippen molar-refractivity contribution in [3.63, 3.8) is 0 Å². The first-order chi connectivity index (χ1) is 9.61. The second kappa shape index (κ2) is 6.33. The van der Waals surface area contributed by atoms with Gasteiger partial charge < -0.3 is 15.8 Å². The van der Waals surface area contributed by atoms with E-state index in [1.54, 1.807) is 0 Å². The highest BCUT2D eigenvalue weighted by atomic mass is 79.9. The lowest BCUT2D eigenvalue weighted by Crippen LogP contribution is -2.13. The molecule has 0 amide bonds. The number of hydrogen-bond donors (Lipinski definition) is 2. The van der Waals surface area contributed by atoms with Crippen LogP contribution in [0.1, 0.15) is 16.1 Å². The number of methoxy groups -OCH3 is 1. The highest BCUT2D eigenvalue weighted by Crippen LogP contribution is 2.22. The van der Waals surface area contributed by atoms with Gasteiger partial charge in [-0.15, -0.1) is 0 Å². The molecule has 0 unspecified atom stereocenters. The maximum absolute atomic E-state index is 11.4. The normalized spacial score (nSPS) is 10.1. The highest BCUT2D eigenvalue weighted by Gasteiger charge is 2.16. The van der Waals surface area contributed by atoms with E-state index < -0.39 is 5.97 Å². The molecular weight excluding hydrogens is 324 g/mol. The largest absolute Gasteiger partial charge is 0.464 e. The van der Waals surface area contributed by atoms with E-state index in [4.69, 9.17) is 5.73 Å². The van der Waals surface area contributed by atoms with Gasteiger partial charge in [-0.2, -0.15) is 0 Å². The molecule has 0 spiro atoms. The molecule has 104 valence electrons. The smallest absolute Gasteiger partial charge is 0.360 e. The average Bonchev–Trinajstić information content (AvgIpc) is 2.48.